The van der Waals surface area contributed by atoms with Gasteiger partial charge >= 0.3 is 0 Å². The van der Waals surface area contributed by atoms with Gasteiger partial charge in [-0.25, -0.2) is 4.98 Å². The minimum Gasteiger partial charge on any atom is -0.487 e. The molecule has 5 rings (SSSR count). The average molecular weight is 397 g/mol. The largest absolute Gasteiger partial charge is 0.487 e. The predicted molar refractivity (Wildman–Crippen MR) is 116 cm³/mol. The van der Waals surface area contributed by atoms with Crippen molar-refractivity contribution in [2.45, 2.75) is 31.9 Å². The minimum absolute atomic E-state index is 0.0522. The quantitative estimate of drug-likeness (QED) is 0.530. The van der Waals surface area contributed by atoms with Crippen LogP contribution in [-0.2, 0) is 13.0 Å². The number of benzene rings is 2. The van der Waals surface area contributed by atoms with Crippen LogP contribution in [0.15, 0.2) is 79.1 Å². The Morgan fingerprint density at radius 2 is 1.90 bits per heavy atom. The molecule has 150 valence electrons. The highest BCUT2D eigenvalue weighted by molar-refractivity contribution is 5.94. The van der Waals surface area contributed by atoms with E-state index >= 15 is 0 Å². The summed E-state index contributed by atoms with van der Waals surface area (Å²) in [4.78, 5) is 17.3. The molecule has 0 spiro atoms. The van der Waals surface area contributed by atoms with Crippen molar-refractivity contribution >= 4 is 11.6 Å². The van der Waals surface area contributed by atoms with E-state index in [4.69, 9.17) is 4.74 Å². The van der Waals surface area contributed by atoms with E-state index < -0.39 is 0 Å². The molecule has 0 saturated heterocycles. The molecular formula is C25H23N3O2. The average Bonchev–Trinajstić information content (AvgIpc) is 3.21. The lowest BCUT2D eigenvalue weighted by Gasteiger charge is -2.26. The van der Waals surface area contributed by atoms with Crippen LogP contribution in [-0.4, -0.2) is 15.3 Å². The molecule has 0 unspecified atom stereocenters. The van der Waals surface area contributed by atoms with Crippen LogP contribution in [0.2, 0.25) is 0 Å². The van der Waals surface area contributed by atoms with Gasteiger partial charge < -0.3 is 14.5 Å². The molecule has 0 aliphatic heterocycles. The predicted octanol–water partition coefficient (Wildman–Crippen LogP) is 4.72. The van der Waals surface area contributed by atoms with Gasteiger partial charge in [0.1, 0.15) is 18.0 Å². The third-order valence-corrected chi connectivity index (χ3v) is 5.59. The number of imidazole rings is 1. The fourth-order valence-corrected chi connectivity index (χ4v) is 4.06. The summed E-state index contributed by atoms with van der Waals surface area (Å²) in [7, 11) is 0. The Labute approximate surface area is 175 Å². The maximum Gasteiger partial charge on any atom is 0.251 e. The van der Waals surface area contributed by atoms with Gasteiger partial charge in [-0.1, -0.05) is 30.3 Å². The van der Waals surface area contributed by atoms with Gasteiger partial charge in [0, 0.05) is 18.0 Å². The van der Waals surface area contributed by atoms with Gasteiger partial charge in [-0.05, 0) is 66.8 Å². The fourth-order valence-electron chi connectivity index (χ4n) is 4.06. The first-order valence-electron chi connectivity index (χ1n) is 10.3. The highest BCUT2D eigenvalue weighted by atomic mass is 16.5. The number of aromatic nitrogens is 2. The SMILES string of the molecule is O=C(N[C@@H]1CCCc2ccccc21)c1ccc(OCc2cn3ccccc3n2)cc1. The second-order valence-corrected chi connectivity index (χ2v) is 7.63. The molecule has 4 aromatic rings. The third-order valence-electron chi connectivity index (χ3n) is 5.59. The number of carbonyl (C=O) groups excluding carboxylic acids is 1. The van der Waals surface area contributed by atoms with E-state index in [0.29, 0.717) is 17.9 Å². The van der Waals surface area contributed by atoms with Gasteiger partial charge in [0.15, 0.2) is 0 Å². The number of aryl methyl sites for hydroxylation is 1. The molecule has 5 heteroatoms. The molecule has 2 aromatic heterocycles. The topological polar surface area (TPSA) is 55.6 Å². The smallest absolute Gasteiger partial charge is 0.251 e. The van der Waals surface area contributed by atoms with Gasteiger partial charge in [0.2, 0.25) is 0 Å². The normalized spacial score (nSPS) is 15.5. The van der Waals surface area contributed by atoms with Crippen molar-refractivity contribution in [3.05, 3.63) is 102 Å². The molecule has 2 aromatic carbocycles. The van der Waals surface area contributed by atoms with Crippen molar-refractivity contribution < 1.29 is 9.53 Å². The van der Waals surface area contributed by atoms with Crippen LogP contribution in [0.4, 0.5) is 0 Å². The van der Waals surface area contributed by atoms with Crippen molar-refractivity contribution in [1.29, 1.82) is 0 Å². The van der Waals surface area contributed by atoms with Crippen LogP contribution in [0.1, 0.15) is 46.1 Å². The van der Waals surface area contributed by atoms with Gasteiger partial charge in [0.05, 0.1) is 11.7 Å². The number of hydrogen-bond donors (Lipinski definition) is 1. The third kappa shape index (κ3) is 3.79. The number of carbonyl (C=O) groups is 1. The Morgan fingerprint density at radius 1 is 1.07 bits per heavy atom. The van der Waals surface area contributed by atoms with Crippen molar-refractivity contribution in [2.75, 3.05) is 0 Å². The molecule has 1 atom stereocenters. The van der Waals surface area contributed by atoms with Crippen molar-refractivity contribution in [3.63, 3.8) is 0 Å². The summed E-state index contributed by atoms with van der Waals surface area (Å²) >= 11 is 0. The Bertz CT molecular complexity index is 1150. The number of amides is 1. The number of nitrogens with one attached hydrogen (secondary N) is 1. The van der Waals surface area contributed by atoms with Gasteiger partial charge in [0.25, 0.3) is 5.91 Å². The molecule has 0 radical (unpaired) electrons. The molecule has 1 amide bonds. The second-order valence-electron chi connectivity index (χ2n) is 7.63. The highest BCUT2D eigenvalue weighted by Crippen LogP contribution is 2.29. The molecule has 5 nitrogen and oxygen atoms in total. The molecule has 30 heavy (non-hydrogen) atoms. The molecule has 0 saturated carbocycles. The molecule has 1 aliphatic carbocycles. The zero-order valence-corrected chi connectivity index (χ0v) is 16.6. The number of rotatable bonds is 5. The number of hydrogen-bond acceptors (Lipinski definition) is 3. The first-order chi connectivity index (χ1) is 14.8. The fraction of sp³-hybridized carbons (Fsp3) is 0.200. The number of pyridine rings is 1. The van der Waals surface area contributed by atoms with Gasteiger partial charge in [-0.3, -0.25) is 4.79 Å². The van der Waals surface area contributed by atoms with E-state index in [0.717, 1.165) is 30.6 Å². The summed E-state index contributed by atoms with van der Waals surface area (Å²) in [5, 5.41) is 3.19. The standard InChI is InChI=1S/C25H23N3O2/c29-25(27-23-9-5-7-18-6-1-2-8-22(18)23)19-11-13-21(14-12-19)30-17-20-16-28-15-4-3-10-24(28)26-20/h1-4,6,8,10-16,23H,5,7,9,17H2,(H,27,29)/t23-/m1/s1. The molecule has 2 heterocycles. The van der Waals surface area contributed by atoms with Crippen LogP contribution >= 0.6 is 0 Å². The highest BCUT2D eigenvalue weighted by Gasteiger charge is 2.21. The van der Waals surface area contributed by atoms with Gasteiger partial charge in [-0.15, -0.1) is 0 Å². The maximum atomic E-state index is 12.7. The maximum absolute atomic E-state index is 12.7. The zero-order chi connectivity index (χ0) is 20.3. The zero-order valence-electron chi connectivity index (χ0n) is 16.6. The van der Waals surface area contributed by atoms with Gasteiger partial charge in [-0.2, -0.15) is 0 Å². The lowest BCUT2D eigenvalue weighted by molar-refractivity contribution is 0.0932. The monoisotopic (exact) mass is 397 g/mol. The molecule has 1 aliphatic rings. The van der Waals surface area contributed by atoms with Crippen molar-refractivity contribution in [2.24, 2.45) is 0 Å². The number of fused-ring (bicyclic) bond motifs is 2. The summed E-state index contributed by atoms with van der Waals surface area (Å²) in [6.07, 6.45) is 7.07. The van der Waals surface area contributed by atoms with E-state index in [9.17, 15) is 4.79 Å². The Morgan fingerprint density at radius 3 is 2.77 bits per heavy atom. The second kappa shape index (κ2) is 8.03. The van der Waals surface area contributed by atoms with E-state index in [-0.39, 0.29) is 11.9 Å². The summed E-state index contributed by atoms with van der Waals surface area (Å²) in [5.74, 6) is 0.662. The first kappa shape index (κ1) is 18.4. The van der Waals surface area contributed by atoms with Crippen molar-refractivity contribution in [3.8, 4) is 5.75 Å². The Hall–Kier alpha value is -3.60. The van der Waals surface area contributed by atoms with E-state index in [1.165, 1.54) is 11.1 Å². The molecular weight excluding hydrogens is 374 g/mol. The Balaban J connectivity index is 1.22. The lowest BCUT2D eigenvalue weighted by atomic mass is 9.87. The van der Waals surface area contributed by atoms with Crippen LogP contribution in [0.25, 0.3) is 5.65 Å². The van der Waals surface area contributed by atoms with Crippen LogP contribution in [0.5, 0.6) is 5.75 Å². The minimum atomic E-state index is -0.0522. The number of nitrogens with zero attached hydrogens (tertiary/aromatic N) is 2. The summed E-state index contributed by atoms with van der Waals surface area (Å²) in [6, 6.07) is 21.6. The first-order valence-corrected chi connectivity index (χ1v) is 10.3. The van der Waals surface area contributed by atoms with E-state index in [1.54, 1.807) is 0 Å². The van der Waals surface area contributed by atoms with Crippen LogP contribution < -0.4 is 10.1 Å². The summed E-state index contributed by atoms with van der Waals surface area (Å²) < 4.78 is 7.81. The molecule has 1 N–H and O–H groups in total. The van der Waals surface area contributed by atoms with E-state index in [1.807, 2.05) is 65.3 Å². The molecule has 0 bridgehead atoms. The number of ether oxygens (including phenoxy) is 1. The molecule has 0 fully saturated rings. The van der Waals surface area contributed by atoms with Crippen LogP contribution in [0.3, 0.4) is 0 Å². The summed E-state index contributed by atoms with van der Waals surface area (Å²) in [6.45, 7) is 0.381. The van der Waals surface area contributed by atoms with Crippen molar-refractivity contribution in [1.82, 2.24) is 14.7 Å². The van der Waals surface area contributed by atoms with E-state index in [2.05, 4.69) is 28.5 Å². The summed E-state index contributed by atoms with van der Waals surface area (Å²) in [5.41, 5.74) is 4.97. The Kier molecular flexibility index (Phi) is 4.93. The van der Waals surface area contributed by atoms with Crippen LogP contribution in [0, 0.1) is 0 Å². The lowest BCUT2D eigenvalue weighted by Crippen LogP contribution is -2.30.